The van der Waals surface area contributed by atoms with Crippen LogP contribution in [0.2, 0.25) is 0 Å². The predicted octanol–water partition coefficient (Wildman–Crippen LogP) is 0.265. The molecule has 0 bridgehead atoms. The highest BCUT2D eigenvalue weighted by molar-refractivity contribution is 5.77. The van der Waals surface area contributed by atoms with Crippen LogP contribution in [0.3, 0.4) is 0 Å². The largest absolute Gasteiger partial charge is 0.465 e. The molecule has 0 aromatic rings. The number of carboxylic acid groups (broad SMARTS) is 1. The van der Waals surface area contributed by atoms with Crippen LogP contribution in [0.15, 0.2) is 5.16 Å². The van der Waals surface area contributed by atoms with Crippen molar-refractivity contribution in [1.29, 1.82) is 0 Å². The number of rotatable bonds is 1. The standard InChI is InChI=1S/C7H13N3O3/c8-7(5-9-13)3-1-2-4-10(7)6(11)12/h5,13H,1-4,8H2,(H,11,12)/t7-/m0/s1. The summed E-state index contributed by atoms with van der Waals surface area (Å²) >= 11 is 0. The van der Waals surface area contributed by atoms with E-state index in [9.17, 15) is 4.79 Å². The van der Waals surface area contributed by atoms with Crippen LogP contribution in [0.25, 0.3) is 0 Å². The van der Waals surface area contributed by atoms with Gasteiger partial charge in [-0.25, -0.2) is 4.79 Å². The van der Waals surface area contributed by atoms with Gasteiger partial charge in [0.2, 0.25) is 0 Å². The molecule has 0 aromatic heterocycles. The zero-order valence-corrected chi connectivity index (χ0v) is 7.18. The number of carbonyl (C=O) groups is 1. The molecule has 0 radical (unpaired) electrons. The molecule has 13 heavy (non-hydrogen) atoms. The fourth-order valence-corrected chi connectivity index (χ4v) is 1.53. The van der Waals surface area contributed by atoms with Crippen molar-refractivity contribution in [2.45, 2.75) is 24.9 Å². The third-order valence-electron chi connectivity index (χ3n) is 2.22. The van der Waals surface area contributed by atoms with E-state index in [0.29, 0.717) is 13.0 Å². The van der Waals surface area contributed by atoms with Gasteiger partial charge in [-0.15, -0.1) is 0 Å². The second kappa shape index (κ2) is 3.61. The molecule has 74 valence electrons. The lowest BCUT2D eigenvalue weighted by Gasteiger charge is -2.39. The molecule has 1 saturated heterocycles. The molecule has 6 heteroatoms. The van der Waals surface area contributed by atoms with Crippen molar-refractivity contribution < 1.29 is 15.1 Å². The van der Waals surface area contributed by atoms with Gasteiger partial charge < -0.3 is 16.0 Å². The van der Waals surface area contributed by atoms with Crippen molar-refractivity contribution in [3.8, 4) is 0 Å². The van der Waals surface area contributed by atoms with Crippen LogP contribution in [-0.2, 0) is 0 Å². The first-order chi connectivity index (χ1) is 6.10. The summed E-state index contributed by atoms with van der Waals surface area (Å²) in [5, 5.41) is 20.0. The Morgan fingerprint density at radius 1 is 1.62 bits per heavy atom. The van der Waals surface area contributed by atoms with Gasteiger partial charge in [0, 0.05) is 6.54 Å². The second-order valence-corrected chi connectivity index (χ2v) is 3.13. The molecule has 6 nitrogen and oxygen atoms in total. The van der Waals surface area contributed by atoms with Crippen molar-refractivity contribution >= 4 is 12.3 Å². The lowest BCUT2D eigenvalue weighted by molar-refractivity contribution is 0.0866. The number of oxime groups is 1. The molecule has 1 atom stereocenters. The Balaban J connectivity index is 2.83. The molecule has 0 aromatic carbocycles. The maximum atomic E-state index is 10.7. The first-order valence-corrected chi connectivity index (χ1v) is 4.08. The van der Waals surface area contributed by atoms with Crippen LogP contribution >= 0.6 is 0 Å². The molecule has 1 aliphatic heterocycles. The van der Waals surface area contributed by atoms with Gasteiger partial charge >= 0.3 is 6.09 Å². The van der Waals surface area contributed by atoms with E-state index in [2.05, 4.69) is 5.16 Å². The number of piperidine rings is 1. The van der Waals surface area contributed by atoms with Crippen LogP contribution < -0.4 is 5.73 Å². The number of nitrogens with two attached hydrogens (primary N) is 1. The summed E-state index contributed by atoms with van der Waals surface area (Å²) in [7, 11) is 0. The number of nitrogens with zero attached hydrogens (tertiary/aromatic N) is 2. The quantitative estimate of drug-likeness (QED) is 0.311. The average molecular weight is 187 g/mol. The van der Waals surface area contributed by atoms with Gasteiger partial charge in [0.05, 0.1) is 6.21 Å². The highest BCUT2D eigenvalue weighted by Gasteiger charge is 2.37. The zero-order valence-electron chi connectivity index (χ0n) is 7.18. The Bertz CT molecular complexity index is 231. The maximum absolute atomic E-state index is 10.7. The summed E-state index contributed by atoms with van der Waals surface area (Å²) in [4.78, 5) is 11.8. The van der Waals surface area contributed by atoms with Crippen molar-refractivity contribution in [3.05, 3.63) is 0 Å². The summed E-state index contributed by atoms with van der Waals surface area (Å²) in [5.41, 5.74) is 4.61. The van der Waals surface area contributed by atoms with Gasteiger partial charge in [0.25, 0.3) is 0 Å². The number of hydrogen-bond acceptors (Lipinski definition) is 4. The van der Waals surface area contributed by atoms with Gasteiger partial charge in [0.15, 0.2) is 0 Å². The highest BCUT2D eigenvalue weighted by Crippen LogP contribution is 2.21. The smallest absolute Gasteiger partial charge is 0.409 e. The van der Waals surface area contributed by atoms with E-state index in [0.717, 1.165) is 24.0 Å². The van der Waals surface area contributed by atoms with Gasteiger partial charge in [-0.3, -0.25) is 4.90 Å². The first kappa shape index (κ1) is 9.79. The number of hydrogen-bond donors (Lipinski definition) is 3. The van der Waals surface area contributed by atoms with E-state index in [1.54, 1.807) is 0 Å². The SMILES string of the molecule is N[C@@]1(C=NO)CCCCN1C(=O)O. The molecule has 1 aliphatic rings. The van der Waals surface area contributed by atoms with Gasteiger partial charge in [-0.1, -0.05) is 5.16 Å². The minimum absolute atomic E-state index is 0.387. The Kier molecular flexibility index (Phi) is 2.72. The summed E-state index contributed by atoms with van der Waals surface area (Å²) in [6.45, 7) is 0.387. The Morgan fingerprint density at radius 3 is 2.85 bits per heavy atom. The topological polar surface area (TPSA) is 99.2 Å². The third-order valence-corrected chi connectivity index (χ3v) is 2.22. The van der Waals surface area contributed by atoms with Crippen molar-refractivity contribution in [1.82, 2.24) is 4.90 Å². The van der Waals surface area contributed by atoms with E-state index in [4.69, 9.17) is 16.0 Å². The molecule has 0 unspecified atom stereocenters. The average Bonchev–Trinajstić information content (AvgIpc) is 2.04. The van der Waals surface area contributed by atoms with Gasteiger partial charge in [0.1, 0.15) is 5.66 Å². The fraction of sp³-hybridized carbons (Fsp3) is 0.714. The third kappa shape index (κ3) is 1.89. The molecule has 1 amide bonds. The number of likely N-dealkylation sites (tertiary alicyclic amines) is 1. The predicted molar refractivity (Wildman–Crippen MR) is 45.8 cm³/mol. The number of amides is 1. The maximum Gasteiger partial charge on any atom is 0.409 e. The molecular formula is C7H13N3O3. The fourth-order valence-electron chi connectivity index (χ4n) is 1.53. The van der Waals surface area contributed by atoms with Gasteiger partial charge in [-0.05, 0) is 19.3 Å². The van der Waals surface area contributed by atoms with Crippen molar-refractivity contribution in [2.24, 2.45) is 10.9 Å². The molecule has 1 fully saturated rings. The summed E-state index contributed by atoms with van der Waals surface area (Å²) in [6, 6.07) is 0. The van der Waals surface area contributed by atoms with E-state index in [1.807, 2.05) is 0 Å². The molecular weight excluding hydrogens is 174 g/mol. The molecule has 0 saturated carbocycles. The molecule has 1 heterocycles. The Hall–Kier alpha value is -1.30. The van der Waals surface area contributed by atoms with Crippen LogP contribution in [0, 0.1) is 0 Å². The summed E-state index contributed by atoms with van der Waals surface area (Å²) < 4.78 is 0. The Labute approximate surface area is 75.6 Å². The van der Waals surface area contributed by atoms with Crippen molar-refractivity contribution in [2.75, 3.05) is 6.54 Å². The minimum Gasteiger partial charge on any atom is -0.465 e. The van der Waals surface area contributed by atoms with Crippen molar-refractivity contribution in [3.63, 3.8) is 0 Å². The monoisotopic (exact) mass is 187 g/mol. The molecule has 0 spiro atoms. The minimum atomic E-state index is -1.14. The molecule has 0 aliphatic carbocycles. The van der Waals surface area contributed by atoms with E-state index >= 15 is 0 Å². The van der Waals surface area contributed by atoms with Crippen LogP contribution in [0.4, 0.5) is 4.79 Å². The van der Waals surface area contributed by atoms with Crippen LogP contribution in [-0.4, -0.2) is 39.7 Å². The summed E-state index contributed by atoms with van der Waals surface area (Å²) in [5.74, 6) is 0. The van der Waals surface area contributed by atoms with E-state index in [1.165, 1.54) is 0 Å². The second-order valence-electron chi connectivity index (χ2n) is 3.13. The van der Waals surface area contributed by atoms with Gasteiger partial charge in [-0.2, -0.15) is 0 Å². The first-order valence-electron chi connectivity index (χ1n) is 4.08. The van der Waals surface area contributed by atoms with Crippen LogP contribution in [0.5, 0.6) is 0 Å². The van der Waals surface area contributed by atoms with Crippen LogP contribution in [0.1, 0.15) is 19.3 Å². The summed E-state index contributed by atoms with van der Waals surface area (Å²) in [6.07, 6.45) is 2.11. The zero-order chi connectivity index (χ0) is 9.90. The highest BCUT2D eigenvalue weighted by atomic mass is 16.4. The van der Waals surface area contributed by atoms with E-state index in [-0.39, 0.29) is 0 Å². The lowest BCUT2D eigenvalue weighted by atomic mass is 9.97. The lowest BCUT2D eigenvalue weighted by Crippen LogP contribution is -2.61. The Morgan fingerprint density at radius 2 is 2.31 bits per heavy atom. The normalized spacial score (nSPS) is 29.5. The molecule has 4 N–H and O–H groups in total. The molecule has 1 rings (SSSR count). The van der Waals surface area contributed by atoms with E-state index < -0.39 is 11.8 Å².